The molecule has 1 N–H and O–H groups in total. The minimum atomic E-state index is -1.82. The van der Waals surface area contributed by atoms with E-state index in [1.807, 2.05) is 24.3 Å². The molecule has 3 aromatic rings. The Morgan fingerprint density at radius 3 is 2.84 bits per heavy atom. The van der Waals surface area contributed by atoms with Gasteiger partial charge in [0.25, 0.3) is 5.56 Å². The van der Waals surface area contributed by atoms with Crippen molar-refractivity contribution < 1.29 is 19.4 Å². The molecule has 0 aliphatic carbocycles. The number of carbonyl (C=O) groups excluding carboxylic acids is 1. The van der Waals surface area contributed by atoms with Crippen molar-refractivity contribution in [3.05, 3.63) is 57.4 Å². The lowest BCUT2D eigenvalue weighted by Crippen LogP contribution is -2.44. The quantitative estimate of drug-likeness (QED) is 0.510. The zero-order valence-corrected chi connectivity index (χ0v) is 17.8. The molecular formula is C24H24N2O5. The summed E-state index contributed by atoms with van der Waals surface area (Å²) >= 11 is 0. The normalized spacial score (nSPS) is 19.2. The Balaban J connectivity index is 1.69. The summed E-state index contributed by atoms with van der Waals surface area (Å²) in [4.78, 5) is 30.3. The van der Waals surface area contributed by atoms with Gasteiger partial charge in [0.1, 0.15) is 12.4 Å². The molecule has 2 aliphatic heterocycles. The van der Waals surface area contributed by atoms with Gasteiger partial charge >= 0.3 is 5.97 Å². The Morgan fingerprint density at radius 1 is 1.29 bits per heavy atom. The first kappa shape index (κ1) is 19.8. The number of hydrogen-bond acceptors (Lipinski definition) is 6. The van der Waals surface area contributed by atoms with Crippen molar-refractivity contribution in [3.8, 4) is 17.1 Å². The summed E-state index contributed by atoms with van der Waals surface area (Å²) in [6, 6.07) is 9.49. The van der Waals surface area contributed by atoms with Gasteiger partial charge in [-0.05, 0) is 36.6 Å². The van der Waals surface area contributed by atoms with E-state index in [9.17, 15) is 14.7 Å². The first-order valence-electron chi connectivity index (χ1n) is 10.6. The summed E-state index contributed by atoms with van der Waals surface area (Å²) in [5.41, 5.74) is 1.53. The number of hydrogen-bond donors (Lipinski definition) is 1. The number of esters is 1. The minimum Gasteiger partial charge on any atom is -0.493 e. The molecule has 2 aromatic heterocycles. The van der Waals surface area contributed by atoms with Crippen molar-refractivity contribution >= 4 is 16.9 Å². The van der Waals surface area contributed by atoms with Gasteiger partial charge in [-0.25, -0.2) is 9.78 Å². The summed E-state index contributed by atoms with van der Waals surface area (Å²) in [6.07, 6.45) is 0.121. The fourth-order valence-corrected chi connectivity index (χ4v) is 4.36. The van der Waals surface area contributed by atoms with Crippen molar-refractivity contribution in [2.45, 2.75) is 45.9 Å². The number of aromatic nitrogens is 2. The van der Waals surface area contributed by atoms with E-state index in [0.29, 0.717) is 41.6 Å². The van der Waals surface area contributed by atoms with Gasteiger partial charge in [0.05, 0.1) is 35.6 Å². The Labute approximate surface area is 179 Å². The molecule has 31 heavy (non-hydrogen) atoms. The lowest BCUT2D eigenvalue weighted by Gasteiger charge is -2.31. The average molecular weight is 420 g/mol. The predicted octanol–water partition coefficient (Wildman–Crippen LogP) is 3.11. The molecule has 0 saturated carbocycles. The van der Waals surface area contributed by atoms with Crippen molar-refractivity contribution in [2.75, 3.05) is 6.61 Å². The molecule has 0 saturated heterocycles. The third-order valence-corrected chi connectivity index (χ3v) is 6.08. The number of aliphatic hydroxyl groups is 1. The molecule has 4 heterocycles. The molecule has 0 bridgehead atoms. The van der Waals surface area contributed by atoms with E-state index in [1.54, 1.807) is 17.6 Å². The number of benzene rings is 1. The molecular weight excluding hydrogens is 396 g/mol. The van der Waals surface area contributed by atoms with Crippen LogP contribution in [0.3, 0.4) is 0 Å². The third-order valence-electron chi connectivity index (χ3n) is 6.08. The van der Waals surface area contributed by atoms with Crippen LogP contribution in [0.25, 0.3) is 22.3 Å². The molecule has 1 aromatic carbocycles. The number of rotatable bonds is 4. The maximum Gasteiger partial charge on any atom is 0.343 e. The number of ether oxygens (including phenoxy) is 2. The van der Waals surface area contributed by atoms with Crippen LogP contribution < -0.4 is 10.3 Å². The van der Waals surface area contributed by atoms with Crippen LogP contribution in [0.1, 0.15) is 43.9 Å². The molecule has 1 atom stereocenters. The molecule has 0 unspecified atom stereocenters. The third kappa shape index (κ3) is 2.87. The van der Waals surface area contributed by atoms with Gasteiger partial charge < -0.3 is 19.1 Å². The molecule has 0 spiro atoms. The van der Waals surface area contributed by atoms with E-state index in [1.165, 1.54) is 0 Å². The van der Waals surface area contributed by atoms with Crippen LogP contribution >= 0.6 is 0 Å². The van der Waals surface area contributed by atoms with E-state index in [0.717, 1.165) is 22.2 Å². The number of cyclic esters (lactones) is 1. The van der Waals surface area contributed by atoms with E-state index in [-0.39, 0.29) is 18.6 Å². The fourth-order valence-electron chi connectivity index (χ4n) is 4.36. The van der Waals surface area contributed by atoms with Gasteiger partial charge in [0.2, 0.25) is 0 Å². The summed E-state index contributed by atoms with van der Waals surface area (Å²) in [7, 11) is 0. The summed E-state index contributed by atoms with van der Waals surface area (Å²) in [5, 5.41) is 11.9. The van der Waals surface area contributed by atoms with Crippen molar-refractivity contribution in [2.24, 2.45) is 5.92 Å². The van der Waals surface area contributed by atoms with Crippen LogP contribution in [0.15, 0.2) is 35.1 Å². The first-order valence-corrected chi connectivity index (χ1v) is 10.6. The lowest BCUT2D eigenvalue weighted by molar-refractivity contribution is -0.172. The monoisotopic (exact) mass is 420 g/mol. The summed E-state index contributed by atoms with van der Waals surface area (Å²) in [5.74, 6) is 0.445. The molecule has 0 radical (unpaired) electrons. The Hall–Kier alpha value is -3.19. The second-order valence-electron chi connectivity index (χ2n) is 8.63. The maximum atomic E-state index is 13.2. The largest absolute Gasteiger partial charge is 0.493 e. The van der Waals surface area contributed by atoms with Gasteiger partial charge in [0, 0.05) is 16.5 Å². The first-order chi connectivity index (χ1) is 14.8. The summed E-state index contributed by atoms with van der Waals surface area (Å²) in [6.45, 7) is 6.73. The van der Waals surface area contributed by atoms with Crippen LogP contribution in [0, 0.1) is 5.92 Å². The van der Waals surface area contributed by atoms with Crippen LogP contribution in [0.5, 0.6) is 5.75 Å². The van der Waals surface area contributed by atoms with E-state index < -0.39 is 11.6 Å². The number of carbonyl (C=O) groups is 1. The van der Waals surface area contributed by atoms with Crippen molar-refractivity contribution in [3.63, 3.8) is 0 Å². The zero-order chi connectivity index (χ0) is 21.9. The van der Waals surface area contributed by atoms with Crippen LogP contribution in [-0.2, 0) is 28.3 Å². The Morgan fingerprint density at radius 2 is 2.10 bits per heavy atom. The number of fused-ring (bicyclic) bond motifs is 5. The predicted molar refractivity (Wildman–Crippen MR) is 115 cm³/mol. The van der Waals surface area contributed by atoms with E-state index in [2.05, 4.69) is 13.8 Å². The minimum absolute atomic E-state index is 0.121. The topological polar surface area (TPSA) is 90.7 Å². The van der Waals surface area contributed by atoms with Crippen LogP contribution in [0.2, 0.25) is 0 Å². The molecule has 7 heteroatoms. The average Bonchev–Trinajstić information content (AvgIpc) is 3.11. The zero-order valence-electron chi connectivity index (χ0n) is 17.8. The smallest absolute Gasteiger partial charge is 0.343 e. The molecule has 2 aliphatic rings. The van der Waals surface area contributed by atoms with Crippen LogP contribution in [0.4, 0.5) is 0 Å². The Bertz CT molecular complexity index is 1290. The molecule has 5 rings (SSSR count). The van der Waals surface area contributed by atoms with Gasteiger partial charge in [-0.1, -0.05) is 26.8 Å². The lowest BCUT2D eigenvalue weighted by atomic mass is 9.86. The van der Waals surface area contributed by atoms with E-state index in [4.69, 9.17) is 14.5 Å². The fraction of sp³-hybridized carbons (Fsp3) is 0.375. The number of pyridine rings is 2. The second-order valence-corrected chi connectivity index (χ2v) is 8.63. The SMILES string of the molecule is CC[C@@]1(O)C(=O)OCc2c1cc1n(c2=O)Cc2cc3c(OCC(C)C)cccc3nc2-1. The molecule has 0 fully saturated rings. The van der Waals surface area contributed by atoms with Crippen LogP contribution in [-0.4, -0.2) is 27.2 Å². The van der Waals surface area contributed by atoms with Crippen molar-refractivity contribution in [1.29, 1.82) is 0 Å². The molecule has 0 amide bonds. The maximum absolute atomic E-state index is 13.2. The standard InChI is InChI=1S/C24H24N2O5/c1-4-24(29)17-9-19-21-14(10-26(19)22(27)16(17)12-31-23(24)28)8-15-18(25-21)6-5-7-20(15)30-11-13(2)3/h5-9,13,29H,4,10-12H2,1-3H3/t24-/m0/s1. The van der Waals surface area contributed by atoms with Crippen molar-refractivity contribution in [1.82, 2.24) is 9.55 Å². The highest BCUT2D eigenvalue weighted by Crippen LogP contribution is 2.39. The van der Waals surface area contributed by atoms with Gasteiger partial charge in [0.15, 0.2) is 5.60 Å². The second kappa shape index (κ2) is 6.92. The highest BCUT2D eigenvalue weighted by Gasteiger charge is 2.45. The number of nitrogens with zero attached hydrogens (tertiary/aromatic N) is 2. The summed E-state index contributed by atoms with van der Waals surface area (Å²) < 4.78 is 12.7. The van der Waals surface area contributed by atoms with Gasteiger partial charge in [-0.15, -0.1) is 0 Å². The molecule has 160 valence electrons. The van der Waals surface area contributed by atoms with Gasteiger partial charge in [-0.3, -0.25) is 4.79 Å². The van der Waals surface area contributed by atoms with Gasteiger partial charge in [-0.2, -0.15) is 0 Å². The molecule has 7 nitrogen and oxygen atoms in total. The highest BCUT2D eigenvalue weighted by atomic mass is 16.6. The van der Waals surface area contributed by atoms with E-state index >= 15 is 0 Å². The Kier molecular flexibility index (Phi) is 4.41. The highest BCUT2D eigenvalue weighted by molar-refractivity contribution is 5.89.